The minimum Gasteiger partial charge on any atom is -0.444 e. The molecule has 0 aromatic rings. The third-order valence-corrected chi connectivity index (χ3v) is 4.63. The summed E-state index contributed by atoms with van der Waals surface area (Å²) in [5, 5.41) is 13.0. The summed E-state index contributed by atoms with van der Waals surface area (Å²) in [7, 11) is 0. The van der Waals surface area contributed by atoms with Gasteiger partial charge < -0.3 is 15.2 Å². The van der Waals surface area contributed by atoms with E-state index in [4.69, 9.17) is 4.74 Å². The van der Waals surface area contributed by atoms with Crippen molar-refractivity contribution in [3.05, 3.63) is 0 Å². The molecule has 0 aromatic carbocycles. The monoisotopic (exact) mass is 327 g/mol. The first-order chi connectivity index (χ1) is 10.7. The largest absolute Gasteiger partial charge is 0.444 e. The summed E-state index contributed by atoms with van der Waals surface area (Å²) in [5.41, 5.74) is -0.722. The van der Waals surface area contributed by atoms with E-state index >= 15 is 0 Å². The highest BCUT2D eigenvalue weighted by atomic mass is 16.6. The Morgan fingerprint density at radius 1 is 1.22 bits per heavy atom. The molecule has 0 saturated heterocycles. The first-order valence-corrected chi connectivity index (χ1v) is 9.23. The molecule has 1 atom stereocenters. The second-order valence-electron chi connectivity index (χ2n) is 8.82. The molecule has 1 rings (SSSR count). The van der Waals surface area contributed by atoms with Crippen LogP contribution in [0, 0.1) is 17.3 Å². The van der Waals surface area contributed by atoms with Crippen LogP contribution in [0.15, 0.2) is 0 Å². The number of ether oxygens (including phenoxy) is 1. The molecule has 23 heavy (non-hydrogen) atoms. The molecular weight excluding hydrogens is 290 g/mol. The van der Waals surface area contributed by atoms with E-state index in [0.717, 1.165) is 12.8 Å². The number of aliphatic hydroxyl groups is 1. The topological polar surface area (TPSA) is 58.6 Å². The van der Waals surface area contributed by atoms with Crippen molar-refractivity contribution in [2.24, 2.45) is 17.3 Å². The van der Waals surface area contributed by atoms with Gasteiger partial charge in [-0.3, -0.25) is 0 Å². The lowest BCUT2D eigenvalue weighted by Gasteiger charge is -2.38. The summed E-state index contributed by atoms with van der Waals surface area (Å²) >= 11 is 0. The van der Waals surface area contributed by atoms with Gasteiger partial charge in [0.15, 0.2) is 0 Å². The molecule has 1 amide bonds. The van der Waals surface area contributed by atoms with Crippen LogP contribution in [-0.2, 0) is 4.74 Å². The lowest BCUT2D eigenvalue weighted by Crippen LogP contribution is -2.44. The van der Waals surface area contributed by atoms with E-state index in [-0.39, 0.29) is 18.1 Å². The van der Waals surface area contributed by atoms with E-state index < -0.39 is 5.60 Å². The average Bonchev–Trinajstić information content (AvgIpc) is 2.43. The number of rotatable bonds is 7. The van der Waals surface area contributed by atoms with Crippen LogP contribution in [0.1, 0.15) is 79.6 Å². The highest BCUT2D eigenvalue weighted by Crippen LogP contribution is 2.38. The lowest BCUT2D eigenvalue weighted by atomic mass is 9.71. The third-order valence-electron chi connectivity index (χ3n) is 4.63. The van der Waals surface area contributed by atoms with E-state index in [2.05, 4.69) is 19.2 Å². The van der Waals surface area contributed by atoms with Crippen LogP contribution in [0.3, 0.4) is 0 Å². The highest BCUT2D eigenvalue weighted by molar-refractivity contribution is 5.67. The van der Waals surface area contributed by atoms with Crippen LogP contribution in [0.5, 0.6) is 0 Å². The average molecular weight is 328 g/mol. The number of carbonyl (C=O) groups is 1. The summed E-state index contributed by atoms with van der Waals surface area (Å²) in [6.07, 6.45) is 7.98. The fourth-order valence-electron chi connectivity index (χ4n) is 3.86. The Labute approximate surface area is 142 Å². The molecule has 1 aliphatic rings. The third kappa shape index (κ3) is 8.05. The molecule has 1 unspecified atom stereocenters. The summed E-state index contributed by atoms with van der Waals surface area (Å²) in [6.45, 7) is 10.6. The van der Waals surface area contributed by atoms with Gasteiger partial charge in [-0.25, -0.2) is 4.79 Å². The fraction of sp³-hybridized carbons (Fsp3) is 0.947. The maximum atomic E-state index is 12.0. The zero-order valence-electron chi connectivity index (χ0n) is 15.8. The molecule has 0 spiro atoms. The molecule has 4 nitrogen and oxygen atoms in total. The summed E-state index contributed by atoms with van der Waals surface area (Å²) < 4.78 is 5.34. The first-order valence-electron chi connectivity index (χ1n) is 9.23. The summed E-state index contributed by atoms with van der Waals surface area (Å²) in [5.74, 6) is 1.17. The van der Waals surface area contributed by atoms with Crippen LogP contribution in [-0.4, -0.2) is 30.0 Å². The predicted molar refractivity (Wildman–Crippen MR) is 94.4 cm³/mol. The number of amides is 1. The molecule has 0 radical (unpaired) electrons. The molecule has 2 N–H and O–H groups in total. The molecule has 0 bridgehead atoms. The quantitative estimate of drug-likeness (QED) is 0.723. The Balaban J connectivity index is 2.67. The van der Waals surface area contributed by atoms with Gasteiger partial charge in [0.25, 0.3) is 0 Å². The number of hydrogen-bond acceptors (Lipinski definition) is 3. The normalized spacial score (nSPS) is 19.4. The fourth-order valence-corrected chi connectivity index (χ4v) is 3.86. The van der Waals surface area contributed by atoms with Crippen LogP contribution < -0.4 is 5.32 Å². The number of aliphatic hydroxyl groups excluding tert-OH is 1. The molecule has 1 saturated carbocycles. The number of alkyl carbamates (subject to hydrolysis) is 1. The van der Waals surface area contributed by atoms with E-state index in [1.54, 1.807) is 0 Å². The number of carbonyl (C=O) groups excluding carboxylic acids is 1. The van der Waals surface area contributed by atoms with Gasteiger partial charge in [-0.2, -0.15) is 0 Å². The lowest BCUT2D eigenvalue weighted by molar-refractivity contribution is 0.0369. The van der Waals surface area contributed by atoms with Crippen molar-refractivity contribution in [2.45, 2.75) is 85.2 Å². The van der Waals surface area contributed by atoms with Gasteiger partial charge in [-0.05, 0) is 45.4 Å². The van der Waals surface area contributed by atoms with Crippen LogP contribution >= 0.6 is 0 Å². The summed E-state index contributed by atoms with van der Waals surface area (Å²) in [4.78, 5) is 12.0. The Morgan fingerprint density at radius 3 is 2.30 bits per heavy atom. The van der Waals surface area contributed by atoms with E-state index in [1.807, 2.05) is 20.8 Å². The molecular formula is C19H37NO3. The Bertz CT molecular complexity index is 356. The Kier molecular flexibility index (Phi) is 7.85. The highest BCUT2D eigenvalue weighted by Gasteiger charge is 2.34. The standard InChI is InChI=1S/C19H37NO3/c1-15(2)11-19(14-21,12-16-9-7-6-8-10-16)13-20-17(22)23-18(3,4)5/h15-16,21H,6-14H2,1-5H3,(H,20,22). The van der Waals surface area contributed by atoms with Gasteiger partial charge in [-0.15, -0.1) is 0 Å². The molecule has 136 valence electrons. The van der Waals surface area contributed by atoms with Crippen molar-refractivity contribution in [1.82, 2.24) is 5.32 Å². The second kappa shape index (κ2) is 8.91. The van der Waals surface area contributed by atoms with Crippen molar-refractivity contribution in [3.8, 4) is 0 Å². The van der Waals surface area contributed by atoms with Crippen molar-refractivity contribution in [2.75, 3.05) is 13.2 Å². The Morgan fingerprint density at radius 2 is 1.83 bits per heavy atom. The molecule has 0 aromatic heterocycles. The van der Waals surface area contributed by atoms with Crippen molar-refractivity contribution in [1.29, 1.82) is 0 Å². The zero-order chi connectivity index (χ0) is 17.5. The van der Waals surface area contributed by atoms with E-state index in [9.17, 15) is 9.90 Å². The maximum absolute atomic E-state index is 12.0. The molecule has 1 aliphatic carbocycles. The van der Waals surface area contributed by atoms with Crippen LogP contribution in [0.2, 0.25) is 0 Å². The molecule has 0 aliphatic heterocycles. The van der Waals surface area contributed by atoms with E-state index in [0.29, 0.717) is 18.4 Å². The number of nitrogens with one attached hydrogen (secondary N) is 1. The van der Waals surface area contributed by atoms with Crippen molar-refractivity contribution >= 4 is 6.09 Å². The van der Waals surface area contributed by atoms with Gasteiger partial charge >= 0.3 is 6.09 Å². The van der Waals surface area contributed by atoms with Gasteiger partial charge in [0.2, 0.25) is 0 Å². The van der Waals surface area contributed by atoms with Gasteiger partial charge in [-0.1, -0.05) is 46.0 Å². The van der Waals surface area contributed by atoms with E-state index in [1.165, 1.54) is 32.1 Å². The Hall–Kier alpha value is -0.770. The van der Waals surface area contributed by atoms with Gasteiger partial charge in [0, 0.05) is 12.0 Å². The molecule has 4 heteroatoms. The minimum absolute atomic E-state index is 0.122. The SMILES string of the molecule is CC(C)CC(CO)(CNC(=O)OC(C)(C)C)CC1CCCCC1. The van der Waals surface area contributed by atoms with Crippen molar-refractivity contribution < 1.29 is 14.6 Å². The first kappa shape index (κ1) is 20.3. The molecule has 1 fully saturated rings. The van der Waals surface area contributed by atoms with Crippen LogP contribution in [0.25, 0.3) is 0 Å². The second-order valence-corrected chi connectivity index (χ2v) is 8.82. The predicted octanol–water partition coefficient (Wildman–Crippen LogP) is 4.51. The molecule has 0 heterocycles. The summed E-state index contributed by atoms with van der Waals surface area (Å²) in [6, 6.07) is 0. The smallest absolute Gasteiger partial charge is 0.407 e. The van der Waals surface area contributed by atoms with Gasteiger partial charge in [0.1, 0.15) is 5.60 Å². The van der Waals surface area contributed by atoms with Crippen LogP contribution in [0.4, 0.5) is 4.79 Å². The zero-order valence-corrected chi connectivity index (χ0v) is 15.8. The minimum atomic E-state index is -0.493. The maximum Gasteiger partial charge on any atom is 0.407 e. The number of hydrogen-bond donors (Lipinski definition) is 2. The van der Waals surface area contributed by atoms with Crippen molar-refractivity contribution in [3.63, 3.8) is 0 Å². The van der Waals surface area contributed by atoms with Gasteiger partial charge in [0.05, 0.1) is 6.61 Å².